The summed E-state index contributed by atoms with van der Waals surface area (Å²) in [4.78, 5) is 4.37. The van der Waals surface area contributed by atoms with Crippen LogP contribution in [0.1, 0.15) is 31.1 Å². The SMILES string of the molecule is CNCc1cc2ncn(C3CCCCO3)c2cc1F. The first kappa shape index (κ1) is 12.6. The van der Waals surface area contributed by atoms with Gasteiger partial charge >= 0.3 is 0 Å². The number of aromatic nitrogens is 2. The third-order valence-corrected chi connectivity index (χ3v) is 3.58. The van der Waals surface area contributed by atoms with Crippen molar-refractivity contribution in [3.8, 4) is 0 Å². The van der Waals surface area contributed by atoms with E-state index in [-0.39, 0.29) is 12.0 Å². The Balaban J connectivity index is 2.00. The molecule has 0 saturated carbocycles. The topological polar surface area (TPSA) is 39.1 Å². The largest absolute Gasteiger partial charge is 0.358 e. The summed E-state index contributed by atoms with van der Waals surface area (Å²) in [5.41, 5.74) is 2.27. The molecular formula is C14H18FN3O. The van der Waals surface area contributed by atoms with E-state index in [4.69, 9.17) is 4.74 Å². The highest BCUT2D eigenvalue weighted by Crippen LogP contribution is 2.27. The Hall–Kier alpha value is -1.46. The van der Waals surface area contributed by atoms with Crippen LogP contribution in [-0.4, -0.2) is 23.2 Å². The van der Waals surface area contributed by atoms with E-state index in [1.165, 1.54) is 0 Å². The molecule has 3 rings (SSSR count). The van der Waals surface area contributed by atoms with Crippen molar-refractivity contribution >= 4 is 11.0 Å². The summed E-state index contributed by atoms with van der Waals surface area (Å²) in [5.74, 6) is -0.195. The zero-order valence-electron chi connectivity index (χ0n) is 11.0. The van der Waals surface area contributed by atoms with Crippen molar-refractivity contribution in [2.45, 2.75) is 32.0 Å². The van der Waals surface area contributed by atoms with E-state index in [1.807, 2.05) is 4.57 Å². The second kappa shape index (κ2) is 5.27. The van der Waals surface area contributed by atoms with Gasteiger partial charge < -0.3 is 14.6 Å². The molecule has 1 saturated heterocycles. The summed E-state index contributed by atoms with van der Waals surface area (Å²) in [6, 6.07) is 3.37. The number of nitrogens with zero attached hydrogens (tertiary/aromatic N) is 2. The molecule has 1 aromatic heterocycles. The number of nitrogens with one attached hydrogen (secondary N) is 1. The molecule has 1 unspecified atom stereocenters. The Labute approximate surface area is 111 Å². The van der Waals surface area contributed by atoms with E-state index in [0.29, 0.717) is 12.1 Å². The number of benzene rings is 1. The molecule has 0 aliphatic carbocycles. The van der Waals surface area contributed by atoms with Gasteiger partial charge in [0.2, 0.25) is 0 Å². The first-order chi connectivity index (χ1) is 9.29. The maximum atomic E-state index is 14.0. The lowest BCUT2D eigenvalue weighted by atomic mass is 10.1. The van der Waals surface area contributed by atoms with Gasteiger partial charge in [-0.2, -0.15) is 0 Å². The number of hydrogen-bond donors (Lipinski definition) is 1. The van der Waals surface area contributed by atoms with Gasteiger partial charge in [0.25, 0.3) is 0 Å². The number of imidazole rings is 1. The second-order valence-electron chi connectivity index (χ2n) is 4.94. The minimum Gasteiger partial charge on any atom is -0.358 e. The molecule has 19 heavy (non-hydrogen) atoms. The molecule has 0 amide bonds. The van der Waals surface area contributed by atoms with Crippen molar-refractivity contribution in [2.24, 2.45) is 0 Å². The predicted molar refractivity (Wildman–Crippen MR) is 71.3 cm³/mol. The molecular weight excluding hydrogens is 245 g/mol. The lowest BCUT2D eigenvalue weighted by Gasteiger charge is -2.24. The number of ether oxygens (including phenoxy) is 1. The fourth-order valence-corrected chi connectivity index (χ4v) is 2.59. The van der Waals surface area contributed by atoms with Crippen LogP contribution in [0.2, 0.25) is 0 Å². The molecule has 0 spiro atoms. The first-order valence-electron chi connectivity index (χ1n) is 6.71. The van der Waals surface area contributed by atoms with E-state index in [1.54, 1.807) is 25.5 Å². The Morgan fingerprint density at radius 2 is 2.37 bits per heavy atom. The minimum absolute atomic E-state index is 0.00620. The standard InChI is InChI=1S/C14H18FN3O/c1-16-8-10-6-12-13(7-11(10)15)18(9-17-12)14-4-2-3-5-19-14/h6-7,9,14,16H,2-5,8H2,1H3. The second-order valence-corrected chi connectivity index (χ2v) is 4.94. The fourth-order valence-electron chi connectivity index (χ4n) is 2.59. The van der Waals surface area contributed by atoms with E-state index in [9.17, 15) is 4.39 Å². The predicted octanol–water partition coefficient (Wildman–Crippen LogP) is 2.59. The molecule has 102 valence electrons. The molecule has 1 N–H and O–H groups in total. The van der Waals surface area contributed by atoms with Crippen molar-refractivity contribution in [1.29, 1.82) is 0 Å². The van der Waals surface area contributed by atoms with Gasteiger partial charge in [-0.05, 0) is 32.4 Å². The van der Waals surface area contributed by atoms with Gasteiger partial charge in [-0.15, -0.1) is 0 Å². The average Bonchev–Trinajstić information content (AvgIpc) is 2.83. The van der Waals surface area contributed by atoms with E-state index in [2.05, 4.69) is 10.3 Å². The van der Waals surface area contributed by atoms with Gasteiger partial charge in [-0.3, -0.25) is 0 Å². The molecule has 4 nitrogen and oxygen atoms in total. The smallest absolute Gasteiger partial charge is 0.135 e. The zero-order valence-corrected chi connectivity index (χ0v) is 11.0. The first-order valence-corrected chi connectivity index (χ1v) is 6.71. The van der Waals surface area contributed by atoms with Gasteiger partial charge in [-0.25, -0.2) is 9.37 Å². The summed E-state index contributed by atoms with van der Waals surface area (Å²) in [7, 11) is 1.80. The van der Waals surface area contributed by atoms with Crippen molar-refractivity contribution in [1.82, 2.24) is 14.9 Å². The molecule has 2 aromatic rings. The summed E-state index contributed by atoms with van der Waals surface area (Å²) >= 11 is 0. The highest BCUT2D eigenvalue weighted by molar-refractivity contribution is 5.76. The zero-order chi connectivity index (χ0) is 13.2. The number of fused-ring (bicyclic) bond motifs is 1. The van der Waals surface area contributed by atoms with Crippen LogP contribution in [0.5, 0.6) is 0 Å². The summed E-state index contributed by atoms with van der Waals surface area (Å²) in [6.07, 6.45) is 4.96. The highest BCUT2D eigenvalue weighted by Gasteiger charge is 2.18. The molecule has 1 aliphatic heterocycles. The van der Waals surface area contributed by atoms with Crippen LogP contribution in [0, 0.1) is 5.82 Å². The Bertz CT molecular complexity index is 575. The minimum atomic E-state index is -0.195. The average molecular weight is 263 g/mol. The van der Waals surface area contributed by atoms with Gasteiger partial charge in [0, 0.05) is 24.8 Å². The van der Waals surface area contributed by atoms with Crippen molar-refractivity contribution in [2.75, 3.05) is 13.7 Å². The van der Waals surface area contributed by atoms with Gasteiger partial charge in [0.1, 0.15) is 12.0 Å². The third-order valence-electron chi connectivity index (χ3n) is 3.58. The number of hydrogen-bond acceptors (Lipinski definition) is 3. The third kappa shape index (κ3) is 2.35. The molecule has 1 atom stereocenters. The van der Waals surface area contributed by atoms with E-state index >= 15 is 0 Å². The van der Waals surface area contributed by atoms with Crippen molar-refractivity contribution < 1.29 is 9.13 Å². The molecule has 0 radical (unpaired) electrons. The molecule has 0 bridgehead atoms. The summed E-state index contributed by atoms with van der Waals surface area (Å²) in [5, 5.41) is 2.96. The number of rotatable bonds is 3. The van der Waals surface area contributed by atoms with Gasteiger partial charge in [0.15, 0.2) is 0 Å². The maximum Gasteiger partial charge on any atom is 0.135 e. The summed E-state index contributed by atoms with van der Waals surface area (Å²) in [6.45, 7) is 1.28. The highest BCUT2D eigenvalue weighted by atomic mass is 19.1. The lowest BCUT2D eigenvalue weighted by Crippen LogP contribution is -2.17. The van der Waals surface area contributed by atoms with Crippen LogP contribution in [-0.2, 0) is 11.3 Å². The Morgan fingerprint density at radius 3 is 3.11 bits per heavy atom. The fraction of sp³-hybridized carbons (Fsp3) is 0.500. The molecule has 1 aromatic carbocycles. The van der Waals surface area contributed by atoms with Gasteiger partial charge in [0.05, 0.1) is 17.4 Å². The van der Waals surface area contributed by atoms with Crippen molar-refractivity contribution in [3.05, 3.63) is 29.8 Å². The van der Waals surface area contributed by atoms with Crippen molar-refractivity contribution in [3.63, 3.8) is 0 Å². The molecule has 1 fully saturated rings. The van der Waals surface area contributed by atoms with E-state index in [0.717, 1.165) is 36.9 Å². The maximum absolute atomic E-state index is 14.0. The lowest BCUT2D eigenvalue weighted by molar-refractivity contribution is -0.0295. The summed E-state index contributed by atoms with van der Waals surface area (Å²) < 4.78 is 21.7. The Morgan fingerprint density at radius 1 is 1.47 bits per heavy atom. The monoisotopic (exact) mass is 263 g/mol. The van der Waals surface area contributed by atoms with Crippen LogP contribution in [0.4, 0.5) is 4.39 Å². The van der Waals surface area contributed by atoms with Crippen LogP contribution < -0.4 is 5.32 Å². The van der Waals surface area contributed by atoms with E-state index < -0.39 is 0 Å². The molecule has 1 aliphatic rings. The quantitative estimate of drug-likeness (QED) is 0.925. The molecule has 2 heterocycles. The molecule has 5 heteroatoms. The van der Waals surface area contributed by atoms with Crippen LogP contribution in [0.25, 0.3) is 11.0 Å². The Kier molecular flexibility index (Phi) is 3.48. The van der Waals surface area contributed by atoms with Crippen LogP contribution >= 0.6 is 0 Å². The van der Waals surface area contributed by atoms with Gasteiger partial charge in [-0.1, -0.05) is 0 Å². The van der Waals surface area contributed by atoms with Crippen LogP contribution in [0.3, 0.4) is 0 Å². The normalized spacial score (nSPS) is 20.0. The number of halogens is 1. The van der Waals surface area contributed by atoms with Crippen LogP contribution in [0.15, 0.2) is 18.5 Å².